The normalized spacial score (nSPS) is 16.3. The van der Waals surface area contributed by atoms with E-state index in [1.807, 2.05) is 23.9 Å². The third kappa shape index (κ3) is 3.46. The van der Waals surface area contributed by atoms with Crippen molar-refractivity contribution in [3.8, 4) is 5.75 Å². The van der Waals surface area contributed by atoms with Crippen molar-refractivity contribution in [1.82, 2.24) is 9.78 Å². The fraction of sp³-hybridized carbons (Fsp3) is 0.429. The number of alkyl halides is 3. The van der Waals surface area contributed by atoms with E-state index in [0.29, 0.717) is 28.9 Å². The maximum atomic E-state index is 6.15. The summed E-state index contributed by atoms with van der Waals surface area (Å²) in [5.41, 5.74) is 0.675. The van der Waals surface area contributed by atoms with Crippen LogP contribution in [0.3, 0.4) is 0 Å². The lowest BCUT2D eigenvalue weighted by molar-refractivity contribution is 0.539. The lowest BCUT2D eigenvalue weighted by Crippen LogP contribution is -2.26. The van der Waals surface area contributed by atoms with Crippen LogP contribution in [0.15, 0.2) is 23.3 Å². The van der Waals surface area contributed by atoms with Crippen LogP contribution in [0.25, 0.3) is 10.9 Å². The van der Waals surface area contributed by atoms with E-state index < -0.39 is 3.79 Å². The molecule has 0 bridgehead atoms. The number of rotatable bonds is 3. The second-order valence-electron chi connectivity index (χ2n) is 5.06. The van der Waals surface area contributed by atoms with Gasteiger partial charge in [0.2, 0.25) is 5.90 Å². The van der Waals surface area contributed by atoms with Gasteiger partial charge < -0.3 is 4.74 Å². The van der Waals surface area contributed by atoms with Crippen LogP contribution in [0, 0.1) is 0 Å². The lowest BCUT2D eigenvalue weighted by atomic mass is 10.2. The zero-order valence-corrected chi connectivity index (χ0v) is 14.7. The van der Waals surface area contributed by atoms with Gasteiger partial charge in [-0.2, -0.15) is 5.10 Å². The van der Waals surface area contributed by atoms with Gasteiger partial charge in [0, 0.05) is 29.2 Å². The average molecular weight is 381 g/mol. The first-order chi connectivity index (χ1) is 10.4. The van der Waals surface area contributed by atoms with Crippen LogP contribution in [0.4, 0.5) is 0 Å². The molecule has 3 rings (SSSR count). The van der Waals surface area contributed by atoms with Crippen molar-refractivity contribution < 1.29 is 4.74 Å². The van der Waals surface area contributed by atoms with E-state index >= 15 is 0 Å². The minimum Gasteiger partial charge on any atom is -0.436 e. The highest BCUT2D eigenvalue weighted by Gasteiger charge is 2.32. The molecule has 0 amide bonds. The third-order valence-electron chi connectivity index (χ3n) is 3.23. The number of nitrogens with zero attached hydrogens (tertiary/aromatic N) is 3. The Morgan fingerprint density at radius 3 is 2.73 bits per heavy atom. The Morgan fingerprint density at radius 2 is 2.14 bits per heavy atom. The minimum atomic E-state index is -1.75. The van der Waals surface area contributed by atoms with E-state index in [1.165, 1.54) is 0 Å². The molecule has 118 valence electrons. The second-order valence-corrected chi connectivity index (χ2v) is 7.78. The van der Waals surface area contributed by atoms with Gasteiger partial charge in [0.05, 0.1) is 6.04 Å². The quantitative estimate of drug-likeness (QED) is 0.417. The second kappa shape index (κ2) is 6.08. The summed E-state index contributed by atoms with van der Waals surface area (Å²) in [5, 5.41) is 5.97. The summed E-state index contributed by atoms with van der Waals surface area (Å²) in [6.07, 6.45) is 4.22. The SMILES string of the molecule is CCN=C(Oc1cc(Cl)cc2cn(C3CC3)nc12)C(Cl)(Cl)Cl. The fourth-order valence-electron chi connectivity index (χ4n) is 2.12. The standard InChI is InChI=1S/C14H13Cl4N3O/c1-2-19-13(14(16,17)18)22-11-6-9(15)5-8-7-21(10-3-4-10)20-12(8)11/h5-7,10H,2-4H2,1H3. The average Bonchev–Trinajstić information content (AvgIpc) is 3.17. The van der Waals surface area contributed by atoms with Crippen molar-refractivity contribution in [2.45, 2.75) is 29.6 Å². The van der Waals surface area contributed by atoms with Crippen LogP contribution in [0.2, 0.25) is 5.02 Å². The number of aliphatic imine (C=N–C) groups is 1. The molecule has 0 spiro atoms. The predicted molar refractivity (Wildman–Crippen MR) is 91.9 cm³/mol. The zero-order chi connectivity index (χ0) is 15.9. The first-order valence-corrected chi connectivity index (χ1v) is 8.37. The molecule has 1 aliphatic carbocycles. The van der Waals surface area contributed by atoms with Crippen LogP contribution >= 0.6 is 46.4 Å². The van der Waals surface area contributed by atoms with Crippen LogP contribution in [0.5, 0.6) is 5.75 Å². The zero-order valence-electron chi connectivity index (χ0n) is 11.7. The van der Waals surface area contributed by atoms with Gasteiger partial charge in [-0.05, 0) is 25.8 Å². The topological polar surface area (TPSA) is 39.4 Å². The first kappa shape index (κ1) is 16.2. The molecule has 0 saturated heterocycles. The highest BCUT2D eigenvalue weighted by atomic mass is 35.6. The Hall–Kier alpha value is -0.680. The number of hydrogen-bond acceptors (Lipinski definition) is 3. The lowest BCUT2D eigenvalue weighted by Gasteiger charge is -2.15. The molecule has 2 aromatic rings. The van der Waals surface area contributed by atoms with Gasteiger partial charge in [0.1, 0.15) is 5.52 Å². The number of halogens is 4. The molecule has 1 saturated carbocycles. The molecular formula is C14H13Cl4N3O. The third-order valence-corrected chi connectivity index (χ3v) is 3.93. The Morgan fingerprint density at radius 1 is 1.41 bits per heavy atom. The van der Waals surface area contributed by atoms with Crippen molar-refractivity contribution >= 4 is 63.2 Å². The van der Waals surface area contributed by atoms with Gasteiger partial charge in [0.25, 0.3) is 3.79 Å². The number of benzene rings is 1. The minimum absolute atomic E-state index is 0.00420. The molecular weight excluding hydrogens is 368 g/mol. The molecule has 1 heterocycles. The van der Waals surface area contributed by atoms with Gasteiger partial charge in [0.15, 0.2) is 5.75 Å². The largest absolute Gasteiger partial charge is 0.436 e. The molecule has 1 fully saturated rings. The summed E-state index contributed by atoms with van der Waals surface area (Å²) in [6.45, 7) is 2.26. The number of ether oxygens (including phenoxy) is 1. The van der Waals surface area contributed by atoms with Crippen molar-refractivity contribution in [3.63, 3.8) is 0 Å². The molecule has 0 atom stereocenters. The molecule has 0 unspecified atom stereocenters. The van der Waals surface area contributed by atoms with Gasteiger partial charge in [-0.15, -0.1) is 0 Å². The Kier molecular flexibility index (Phi) is 4.47. The van der Waals surface area contributed by atoms with Gasteiger partial charge in [-0.1, -0.05) is 46.4 Å². The van der Waals surface area contributed by atoms with E-state index in [-0.39, 0.29) is 5.90 Å². The highest BCUT2D eigenvalue weighted by Crippen LogP contribution is 2.38. The number of fused-ring (bicyclic) bond motifs is 1. The smallest absolute Gasteiger partial charge is 0.266 e. The fourth-order valence-corrected chi connectivity index (χ4v) is 2.63. The van der Waals surface area contributed by atoms with Crippen molar-refractivity contribution in [2.75, 3.05) is 6.54 Å². The molecule has 8 heteroatoms. The summed E-state index contributed by atoms with van der Waals surface area (Å²) >= 11 is 23.9. The van der Waals surface area contributed by atoms with E-state index in [4.69, 9.17) is 51.1 Å². The van der Waals surface area contributed by atoms with Crippen molar-refractivity contribution in [2.24, 2.45) is 4.99 Å². The van der Waals surface area contributed by atoms with Crippen molar-refractivity contribution in [1.29, 1.82) is 0 Å². The Labute approximate surface area is 147 Å². The maximum Gasteiger partial charge on any atom is 0.266 e. The van der Waals surface area contributed by atoms with E-state index in [1.54, 1.807) is 6.07 Å². The molecule has 4 nitrogen and oxygen atoms in total. The molecule has 1 aliphatic rings. The summed E-state index contributed by atoms with van der Waals surface area (Å²) in [6, 6.07) is 3.94. The first-order valence-electron chi connectivity index (χ1n) is 6.86. The monoisotopic (exact) mass is 379 g/mol. The summed E-state index contributed by atoms with van der Waals surface area (Å²) in [4.78, 5) is 4.10. The molecule has 1 aromatic heterocycles. The molecule has 22 heavy (non-hydrogen) atoms. The van der Waals surface area contributed by atoms with Crippen LogP contribution < -0.4 is 4.74 Å². The van der Waals surface area contributed by atoms with Crippen LogP contribution in [-0.2, 0) is 0 Å². The van der Waals surface area contributed by atoms with E-state index in [9.17, 15) is 0 Å². The van der Waals surface area contributed by atoms with Gasteiger partial charge >= 0.3 is 0 Å². The van der Waals surface area contributed by atoms with E-state index in [2.05, 4.69) is 10.1 Å². The van der Waals surface area contributed by atoms with Crippen molar-refractivity contribution in [3.05, 3.63) is 23.4 Å². The Balaban J connectivity index is 2.03. The Bertz CT molecular complexity index is 731. The van der Waals surface area contributed by atoms with E-state index in [0.717, 1.165) is 18.2 Å². The summed E-state index contributed by atoms with van der Waals surface area (Å²) in [5.74, 6) is 0.435. The van der Waals surface area contributed by atoms with Crippen LogP contribution in [0.1, 0.15) is 25.8 Å². The maximum absolute atomic E-state index is 6.15. The summed E-state index contributed by atoms with van der Waals surface area (Å²) < 4.78 is 5.90. The predicted octanol–water partition coefficient (Wildman–Crippen LogP) is 5.19. The molecule has 1 aromatic carbocycles. The number of hydrogen-bond donors (Lipinski definition) is 0. The molecule has 0 radical (unpaired) electrons. The van der Waals surface area contributed by atoms with Gasteiger partial charge in [-0.3, -0.25) is 9.67 Å². The van der Waals surface area contributed by atoms with Crippen LogP contribution in [-0.4, -0.2) is 26.0 Å². The summed E-state index contributed by atoms with van der Waals surface area (Å²) in [7, 11) is 0. The van der Waals surface area contributed by atoms with Gasteiger partial charge in [-0.25, -0.2) is 0 Å². The molecule has 0 aliphatic heterocycles. The highest BCUT2D eigenvalue weighted by molar-refractivity contribution is 6.76. The number of aromatic nitrogens is 2. The molecule has 0 N–H and O–H groups in total.